The van der Waals surface area contributed by atoms with Crippen molar-refractivity contribution in [3.05, 3.63) is 29.6 Å². The van der Waals surface area contributed by atoms with Crippen molar-refractivity contribution in [2.24, 2.45) is 5.92 Å². The summed E-state index contributed by atoms with van der Waals surface area (Å²) in [6.45, 7) is 4.91. The number of nitrogens with one attached hydrogen (secondary N) is 2. The van der Waals surface area contributed by atoms with E-state index in [1.165, 1.54) is 12.1 Å². The van der Waals surface area contributed by atoms with E-state index >= 15 is 0 Å². The Bertz CT molecular complexity index is 431. The van der Waals surface area contributed by atoms with Gasteiger partial charge in [0.2, 0.25) is 0 Å². The minimum Gasteiger partial charge on any atom is -0.382 e. The lowest BCUT2D eigenvalue weighted by molar-refractivity contribution is 0.0938. The Morgan fingerprint density at radius 1 is 1.47 bits per heavy atom. The zero-order valence-corrected chi connectivity index (χ0v) is 10.1. The van der Waals surface area contributed by atoms with Crippen molar-refractivity contribution in [1.29, 1.82) is 0 Å². The van der Waals surface area contributed by atoms with Crippen LogP contribution in [0.25, 0.3) is 0 Å². The number of rotatable bonds is 2. The van der Waals surface area contributed by atoms with Gasteiger partial charge in [-0.25, -0.2) is 4.39 Å². The van der Waals surface area contributed by atoms with Gasteiger partial charge in [-0.05, 0) is 30.5 Å². The highest BCUT2D eigenvalue weighted by Crippen LogP contribution is 2.20. The van der Waals surface area contributed by atoms with Gasteiger partial charge < -0.3 is 10.6 Å². The summed E-state index contributed by atoms with van der Waals surface area (Å²) in [5.74, 6) is -0.0711. The fraction of sp³-hybridized carbons (Fsp3) is 0.462. The number of benzene rings is 1. The van der Waals surface area contributed by atoms with Gasteiger partial charge in [0.1, 0.15) is 5.82 Å². The molecule has 1 heterocycles. The van der Waals surface area contributed by atoms with Gasteiger partial charge in [0, 0.05) is 18.3 Å². The second-order valence-electron chi connectivity index (χ2n) is 4.87. The first-order chi connectivity index (χ1) is 8.06. The third-order valence-corrected chi connectivity index (χ3v) is 2.86. The summed E-state index contributed by atoms with van der Waals surface area (Å²) in [5, 5.41) is 6.11. The number of fused-ring (bicyclic) bond motifs is 1. The van der Waals surface area contributed by atoms with Crippen LogP contribution in [0.4, 0.5) is 10.1 Å². The molecule has 1 amide bonds. The van der Waals surface area contributed by atoms with E-state index in [4.69, 9.17) is 0 Å². The molecule has 0 radical (unpaired) electrons. The lowest BCUT2D eigenvalue weighted by Gasteiger charge is -2.17. The molecule has 1 aromatic carbocycles. The molecule has 0 spiro atoms. The number of amides is 1. The number of halogens is 1. The first-order valence-corrected chi connectivity index (χ1v) is 5.90. The van der Waals surface area contributed by atoms with Crippen molar-refractivity contribution in [1.82, 2.24) is 5.32 Å². The maximum absolute atomic E-state index is 13.1. The van der Waals surface area contributed by atoms with Crippen molar-refractivity contribution in [2.45, 2.75) is 26.3 Å². The fourth-order valence-electron chi connectivity index (χ4n) is 2.12. The number of hydrogen-bond donors (Lipinski definition) is 2. The highest BCUT2D eigenvalue weighted by molar-refractivity contribution is 6.00. The lowest BCUT2D eigenvalue weighted by atomic mass is 10.0. The van der Waals surface area contributed by atoms with E-state index in [9.17, 15) is 9.18 Å². The number of hydrogen-bond acceptors (Lipinski definition) is 2. The van der Waals surface area contributed by atoms with Gasteiger partial charge in [0.05, 0.1) is 5.56 Å². The molecule has 0 aliphatic carbocycles. The molecule has 17 heavy (non-hydrogen) atoms. The molecule has 0 saturated heterocycles. The zero-order chi connectivity index (χ0) is 12.4. The van der Waals surface area contributed by atoms with E-state index in [2.05, 4.69) is 24.5 Å². The minimum absolute atomic E-state index is 0.0953. The van der Waals surface area contributed by atoms with Gasteiger partial charge in [0.15, 0.2) is 0 Å². The van der Waals surface area contributed by atoms with Crippen LogP contribution in [0.5, 0.6) is 0 Å². The summed E-state index contributed by atoms with van der Waals surface area (Å²) in [6, 6.07) is 4.34. The average Bonchev–Trinajstić information content (AvgIpc) is 2.39. The van der Waals surface area contributed by atoms with Crippen LogP contribution in [0.3, 0.4) is 0 Å². The van der Waals surface area contributed by atoms with Crippen LogP contribution < -0.4 is 10.6 Å². The van der Waals surface area contributed by atoms with Gasteiger partial charge in [-0.15, -0.1) is 0 Å². The third-order valence-electron chi connectivity index (χ3n) is 2.86. The zero-order valence-electron chi connectivity index (χ0n) is 10.1. The van der Waals surface area contributed by atoms with Crippen LogP contribution in [0.2, 0.25) is 0 Å². The van der Waals surface area contributed by atoms with Gasteiger partial charge in [-0.1, -0.05) is 13.8 Å². The van der Waals surface area contributed by atoms with Crippen LogP contribution in [0.1, 0.15) is 30.6 Å². The molecule has 0 fully saturated rings. The Morgan fingerprint density at radius 2 is 2.24 bits per heavy atom. The third kappa shape index (κ3) is 2.75. The second kappa shape index (κ2) is 4.73. The molecule has 92 valence electrons. The van der Waals surface area contributed by atoms with Crippen molar-refractivity contribution < 1.29 is 9.18 Å². The first-order valence-electron chi connectivity index (χ1n) is 5.90. The van der Waals surface area contributed by atoms with Gasteiger partial charge in [0.25, 0.3) is 5.91 Å². The van der Waals surface area contributed by atoms with Crippen LogP contribution in [-0.4, -0.2) is 18.5 Å². The van der Waals surface area contributed by atoms with Gasteiger partial charge >= 0.3 is 0 Å². The molecule has 0 bridgehead atoms. The van der Waals surface area contributed by atoms with Crippen molar-refractivity contribution >= 4 is 11.6 Å². The first kappa shape index (κ1) is 11.9. The Labute approximate surface area is 100 Å². The Hall–Kier alpha value is -1.58. The molecule has 1 atom stereocenters. The average molecular weight is 236 g/mol. The molecule has 4 heteroatoms. The minimum atomic E-state index is -0.386. The summed E-state index contributed by atoms with van der Waals surface area (Å²) in [6.07, 6.45) is 0.912. The maximum Gasteiger partial charge on any atom is 0.253 e. The van der Waals surface area contributed by atoms with Gasteiger partial charge in [-0.3, -0.25) is 4.79 Å². The topological polar surface area (TPSA) is 41.1 Å². The molecule has 2 rings (SSSR count). The summed E-state index contributed by atoms with van der Waals surface area (Å²) >= 11 is 0. The Balaban J connectivity index is 2.20. The second-order valence-corrected chi connectivity index (χ2v) is 4.87. The molecule has 2 N–H and O–H groups in total. The SMILES string of the molecule is CC(C)CC1CNc2ccc(F)cc2C(=O)N1. The van der Waals surface area contributed by atoms with E-state index in [0.29, 0.717) is 23.7 Å². The standard InChI is InChI=1S/C13H17FN2O/c1-8(2)5-10-7-15-12-4-3-9(14)6-11(12)13(17)16-10/h3-4,6,8,10,15H,5,7H2,1-2H3,(H,16,17). The number of carbonyl (C=O) groups excluding carboxylic acids is 1. The van der Waals surface area contributed by atoms with E-state index in [0.717, 1.165) is 6.42 Å². The summed E-state index contributed by atoms with van der Waals surface area (Å²) in [5.41, 5.74) is 1.09. The van der Waals surface area contributed by atoms with Crippen LogP contribution in [-0.2, 0) is 0 Å². The molecule has 0 aromatic heterocycles. The molecule has 1 aliphatic heterocycles. The molecule has 3 nitrogen and oxygen atoms in total. The predicted molar refractivity (Wildman–Crippen MR) is 65.6 cm³/mol. The maximum atomic E-state index is 13.1. The summed E-state index contributed by atoms with van der Waals surface area (Å²) in [4.78, 5) is 11.9. The van der Waals surface area contributed by atoms with E-state index in [-0.39, 0.29) is 17.8 Å². The lowest BCUT2D eigenvalue weighted by Crippen LogP contribution is -2.38. The largest absolute Gasteiger partial charge is 0.382 e. The van der Waals surface area contributed by atoms with Crippen LogP contribution in [0.15, 0.2) is 18.2 Å². The number of carbonyl (C=O) groups is 1. The fourth-order valence-corrected chi connectivity index (χ4v) is 2.12. The Morgan fingerprint density at radius 3 is 2.94 bits per heavy atom. The van der Waals surface area contributed by atoms with E-state index in [1.54, 1.807) is 6.07 Å². The van der Waals surface area contributed by atoms with Crippen molar-refractivity contribution in [3.8, 4) is 0 Å². The molecular weight excluding hydrogens is 219 g/mol. The van der Waals surface area contributed by atoms with Crippen LogP contribution in [0, 0.1) is 11.7 Å². The predicted octanol–water partition coefficient (Wildman–Crippen LogP) is 2.40. The van der Waals surface area contributed by atoms with Gasteiger partial charge in [-0.2, -0.15) is 0 Å². The van der Waals surface area contributed by atoms with Crippen molar-refractivity contribution in [2.75, 3.05) is 11.9 Å². The summed E-state index contributed by atoms with van der Waals surface area (Å²) < 4.78 is 13.1. The van der Waals surface area contributed by atoms with Crippen molar-refractivity contribution in [3.63, 3.8) is 0 Å². The highest BCUT2D eigenvalue weighted by atomic mass is 19.1. The molecule has 0 saturated carbocycles. The smallest absolute Gasteiger partial charge is 0.253 e. The molecule has 1 unspecified atom stereocenters. The van der Waals surface area contributed by atoms with E-state index in [1.807, 2.05) is 0 Å². The summed E-state index contributed by atoms with van der Waals surface area (Å²) in [7, 11) is 0. The highest BCUT2D eigenvalue weighted by Gasteiger charge is 2.22. The quantitative estimate of drug-likeness (QED) is 0.827. The van der Waals surface area contributed by atoms with Crippen LogP contribution >= 0.6 is 0 Å². The van der Waals surface area contributed by atoms with E-state index < -0.39 is 0 Å². The monoisotopic (exact) mass is 236 g/mol. The normalized spacial score (nSPS) is 19.3. The molecular formula is C13H17FN2O. The molecule has 1 aromatic rings. The Kier molecular flexibility index (Phi) is 3.31. The molecule has 1 aliphatic rings. The number of anilines is 1.